The Kier molecular flexibility index (Phi) is 9.12. The van der Waals surface area contributed by atoms with Gasteiger partial charge in [0.05, 0.1) is 10.5 Å². The summed E-state index contributed by atoms with van der Waals surface area (Å²) >= 11 is 0. The van der Waals surface area contributed by atoms with Crippen LogP contribution in [0.2, 0.25) is 0 Å². The van der Waals surface area contributed by atoms with Crippen molar-refractivity contribution in [2.24, 2.45) is 0 Å². The van der Waals surface area contributed by atoms with Crippen molar-refractivity contribution in [2.75, 3.05) is 0 Å². The maximum absolute atomic E-state index is 12.5. The zero-order valence-corrected chi connectivity index (χ0v) is 23.1. The zero-order chi connectivity index (χ0) is 29.9. The van der Waals surface area contributed by atoms with Gasteiger partial charge in [-0.05, 0) is 76.1 Å². The number of hydrogen-bond acceptors (Lipinski definition) is 7. The first kappa shape index (κ1) is 33.0. The van der Waals surface area contributed by atoms with Crippen molar-refractivity contribution in [3.05, 3.63) is 138 Å². The van der Waals surface area contributed by atoms with Gasteiger partial charge in [-0.25, -0.2) is 4.79 Å². The molecule has 0 fully saturated rings. The number of hydrogen-bond donors (Lipinski definition) is 3. The van der Waals surface area contributed by atoms with Gasteiger partial charge in [-0.3, -0.25) is 4.55 Å². The van der Waals surface area contributed by atoms with E-state index in [2.05, 4.69) is 0 Å². The van der Waals surface area contributed by atoms with Gasteiger partial charge in [0.1, 0.15) is 23.0 Å². The number of aromatic hydroxyl groups is 2. The molecular weight excluding hydrogens is 614 g/mol. The molecule has 8 rings (SSSR count). The second-order valence-electron chi connectivity index (χ2n) is 10.3. The van der Waals surface area contributed by atoms with Crippen molar-refractivity contribution in [2.45, 2.75) is 10.5 Å². The number of rotatable bonds is 1. The third-order valence-electron chi connectivity index (χ3n) is 7.66. The summed E-state index contributed by atoms with van der Waals surface area (Å²) in [7, 11) is -4.15. The molecule has 0 bridgehead atoms. The monoisotopic (exact) mass is 638 g/mol. The zero-order valence-electron chi connectivity index (χ0n) is 22.3. The number of ether oxygens (including phenoxy) is 2. The second-order valence-corrected chi connectivity index (χ2v) is 11.7. The van der Waals surface area contributed by atoms with Crippen molar-refractivity contribution >= 4 is 96.7 Å². The van der Waals surface area contributed by atoms with E-state index in [4.69, 9.17) is 14.0 Å². The minimum absolute atomic E-state index is 0. The molecule has 0 atom stereocenters. The molecule has 6 aromatic carbocycles. The molecule has 2 aliphatic heterocycles. The van der Waals surface area contributed by atoms with Gasteiger partial charge in [-0.1, -0.05) is 48.5 Å². The van der Waals surface area contributed by atoms with E-state index in [0.29, 0.717) is 33.8 Å². The molecule has 8 nitrogen and oxygen atoms in total. The molecule has 0 unspecified atom stereocenters. The Labute approximate surface area is 302 Å². The van der Waals surface area contributed by atoms with Crippen LogP contribution in [0.25, 0.3) is 21.5 Å². The second kappa shape index (κ2) is 12.4. The van der Waals surface area contributed by atoms with Crippen LogP contribution in [-0.2, 0) is 20.5 Å². The van der Waals surface area contributed by atoms with Crippen molar-refractivity contribution in [3.8, 4) is 23.0 Å². The molecular formula is C34H24Na2O8S. The van der Waals surface area contributed by atoms with Crippen LogP contribution in [0.4, 0.5) is 0 Å². The van der Waals surface area contributed by atoms with E-state index in [0.717, 1.165) is 21.5 Å². The first-order valence-corrected chi connectivity index (χ1v) is 14.7. The quantitative estimate of drug-likeness (QED) is 0.0918. The van der Waals surface area contributed by atoms with E-state index in [1.165, 1.54) is 36.4 Å². The van der Waals surface area contributed by atoms with Crippen molar-refractivity contribution < 1.29 is 37.5 Å². The standard InChI is InChI=1S/C20H12O5.C14H10O3S.2Na.2H/c21-11-5-7-15-17(9-11)24-18-10-12(22)6-8-16(18)20(15)14-4-2-1-3-13(14)19(23)25-20;15-18(16,17)14-6-5-12-7-10-3-1-2-4-11(10)8-13(12)9-14;;;;/h1-10,21-22H;1-9H,(H,15,16,17);;;;. The molecule has 11 heteroatoms. The van der Waals surface area contributed by atoms with Crippen LogP contribution in [0.3, 0.4) is 0 Å². The van der Waals surface area contributed by atoms with Crippen LogP contribution in [0.15, 0.2) is 120 Å². The fourth-order valence-electron chi connectivity index (χ4n) is 5.73. The Morgan fingerprint density at radius 3 is 1.71 bits per heavy atom. The van der Waals surface area contributed by atoms with Crippen LogP contribution in [-0.4, -0.2) is 88.3 Å². The molecule has 0 radical (unpaired) electrons. The number of phenolic OH excluding ortho intramolecular Hbond substituents is 2. The Balaban J connectivity index is 0.000000179. The third kappa shape index (κ3) is 5.75. The van der Waals surface area contributed by atoms with E-state index in [1.807, 2.05) is 48.5 Å². The van der Waals surface area contributed by atoms with Crippen LogP contribution < -0.4 is 4.74 Å². The van der Waals surface area contributed by atoms with Gasteiger partial charge in [-0.2, -0.15) is 8.42 Å². The predicted octanol–water partition coefficient (Wildman–Crippen LogP) is 5.61. The number of fused-ring (bicyclic) bond motifs is 8. The molecule has 6 aromatic rings. The van der Waals surface area contributed by atoms with E-state index < -0.39 is 21.7 Å². The summed E-state index contributed by atoms with van der Waals surface area (Å²) in [5, 5.41) is 23.5. The molecule has 2 aliphatic rings. The summed E-state index contributed by atoms with van der Waals surface area (Å²) in [6.45, 7) is 0. The third-order valence-corrected chi connectivity index (χ3v) is 8.50. The average molecular weight is 639 g/mol. The fraction of sp³-hybridized carbons (Fsp3) is 0.0294. The van der Waals surface area contributed by atoms with E-state index in [1.54, 1.807) is 30.3 Å². The Morgan fingerprint density at radius 2 is 1.11 bits per heavy atom. The number of benzene rings is 6. The Hall–Kier alpha value is -3.38. The molecule has 45 heavy (non-hydrogen) atoms. The van der Waals surface area contributed by atoms with E-state index in [9.17, 15) is 23.4 Å². The molecule has 216 valence electrons. The number of carbonyl (C=O) groups is 1. The summed E-state index contributed by atoms with van der Waals surface area (Å²) in [4.78, 5) is 12.5. The van der Waals surface area contributed by atoms with Gasteiger partial charge >= 0.3 is 65.1 Å². The molecule has 1 spiro atoms. The van der Waals surface area contributed by atoms with Gasteiger partial charge < -0.3 is 19.7 Å². The average Bonchev–Trinajstić information content (AvgIpc) is 3.28. The van der Waals surface area contributed by atoms with Crippen LogP contribution >= 0.6 is 0 Å². The molecule has 2 heterocycles. The van der Waals surface area contributed by atoms with E-state index in [-0.39, 0.29) is 75.5 Å². The van der Waals surface area contributed by atoms with Gasteiger partial charge in [-0.15, -0.1) is 0 Å². The summed E-state index contributed by atoms with van der Waals surface area (Å²) in [5.74, 6) is 0.408. The molecule has 0 aromatic heterocycles. The van der Waals surface area contributed by atoms with Crippen molar-refractivity contribution in [1.82, 2.24) is 0 Å². The van der Waals surface area contributed by atoms with Gasteiger partial charge in [0.15, 0.2) is 5.60 Å². The fourth-order valence-corrected chi connectivity index (χ4v) is 6.25. The first-order valence-electron chi connectivity index (χ1n) is 13.2. The summed E-state index contributed by atoms with van der Waals surface area (Å²) in [5.41, 5.74) is 1.28. The Bertz CT molecular complexity index is 2180. The molecule has 0 aliphatic carbocycles. The molecule has 3 N–H and O–H groups in total. The van der Waals surface area contributed by atoms with Gasteiger partial charge in [0.2, 0.25) is 0 Å². The minimum atomic E-state index is -4.15. The normalized spacial score (nSPS) is 13.6. The SMILES string of the molecule is O=C1OC2(c3ccc(O)cc3Oc3cc(O)ccc32)c2ccccc21.O=S(=O)(O)c1ccc2cc3ccccc3cc2c1.[NaH].[NaH]. The molecule has 0 saturated carbocycles. The van der Waals surface area contributed by atoms with Crippen LogP contribution in [0.5, 0.6) is 23.0 Å². The predicted molar refractivity (Wildman–Crippen MR) is 174 cm³/mol. The first-order chi connectivity index (χ1) is 20.6. The van der Waals surface area contributed by atoms with Gasteiger partial charge in [0.25, 0.3) is 10.1 Å². The van der Waals surface area contributed by atoms with Crippen LogP contribution in [0, 0.1) is 0 Å². The van der Waals surface area contributed by atoms with E-state index >= 15 is 0 Å². The number of phenols is 2. The topological polar surface area (TPSA) is 130 Å². The van der Waals surface area contributed by atoms with Crippen molar-refractivity contribution in [3.63, 3.8) is 0 Å². The number of esters is 1. The summed E-state index contributed by atoms with van der Waals surface area (Å²) in [6.07, 6.45) is 0. The van der Waals surface area contributed by atoms with Crippen molar-refractivity contribution in [1.29, 1.82) is 0 Å². The summed E-state index contributed by atoms with van der Waals surface area (Å²) in [6, 6.07) is 33.0. The molecule has 0 amide bonds. The molecule has 0 saturated heterocycles. The van der Waals surface area contributed by atoms with Gasteiger partial charge in [0, 0.05) is 28.8 Å². The van der Waals surface area contributed by atoms with Crippen LogP contribution in [0.1, 0.15) is 27.0 Å². The summed E-state index contributed by atoms with van der Waals surface area (Å²) < 4.78 is 43.0. The Morgan fingerprint density at radius 1 is 0.578 bits per heavy atom. The number of carbonyl (C=O) groups excluding carboxylic acids is 1. The maximum atomic E-state index is 12.5.